The Bertz CT molecular complexity index is 948. The fourth-order valence-corrected chi connectivity index (χ4v) is 3.77. The minimum absolute atomic E-state index is 0.0337. The molecule has 0 spiro atoms. The van der Waals surface area contributed by atoms with Gasteiger partial charge in [-0.3, -0.25) is 9.69 Å². The third kappa shape index (κ3) is 5.54. The van der Waals surface area contributed by atoms with E-state index in [1.807, 2.05) is 42.5 Å². The standard InChI is InChI=1S/C24H26FN3O2/c25-20-8-6-18(7-9-20)17-28-14-12-21(13-15-28)27-23(29)10-11-24-26-16-22(30-24)19-4-2-1-3-5-19/h1-9,16,21H,10-15,17H2,(H,27,29). The molecule has 156 valence electrons. The fraction of sp³-hybridized carbons (Fsp3) is 0.333. The van der Waals surface area contributed by atoms with Gasteiger partial charge in [-0.25, -0.2) is 9.37 Å². The predicted octanol–water partition coefficient (Wildman–Crippen LogP) is 4.19. The van der Waals surface area contributed by atoms with E-state index in [2.05, 4.69) is 15.2 Å². The molecular weight excluding hydrogens is 381 g/mol. The van der Waals surface area contributed by atoms with E-state index in [0.29, 0.717) is 18.7 Å². The number of carbonyl (C=O) groups excluding carboxylic acids is 1. The summed E-state index contributed by atoms with van der Waals surface area (Å²) in [6.07, 6.45) is 4.40. The Kier molecular flexibility index (Phi) is 6.54. The summed E-state index contributed by atoms with van der Waals surface area (Å²) in [7, 11) is 0. The summed E-state index contributed by atoms with van der Waals surface area (Å²) in [4.78, 5) is 19.0. The molecule has 2 heterocycles. The number of benzene rings is 2. The van der Waals surface area contributed by atoms with Gasteiger partial charge < -0.3 is 9.73 Å². The van der Waals surface area contributed by atoms with Crippen LogP contribution in [0.4, 0.5) is 4.39 Å². The highest BCUT2D eigenvalue weighted by Gasteiger charge is 2.21. The number of nitrogens with one attached hydrogen (secondary N) is 1. The van der Waals surface area contributed by atoms with Crippen molar-refractivity contribution in [2.45, 2.75) is 38.3 Å². The van der Waals surface area contributed by atoms with E-state index in [4.69, 9.17) is 4.42 Å². The Morgan fingerprint density at radius 1 is 1.10 bits per heavy atom. The van der Waals surface area contributed by atoms with Crippen molar-refractivity contribution in [3.05, 3.63) is 78.1 Å². The van der Waals surface area contributed by atoms with Crippen LogP contribution in [-0.4, -0.2) is 34.9 Å². The zero-order chi connectivity index (χ0) is 20.8. The number of aryl methyl sites for hydroxylation is 1. The molecule has 0 atom stereocenters. The SMILES string of the molecule is O=C(CCc1ncc(-c2ccccc2)o1)NC1CCN(Cc2ccc(F)cc2)CC1. The number of likely N-dealkylation sites (tertiary alicyclic amines) is 1. The molecule has 30 heavy (non-hydrogen) atoms. The maximum absolute atomic E-state index is 13.0. The van der Waals surface area contributed by atoms with Gasteiger partial charge in [0.2, 0.25) is 5.91 Å². The molecule has 0 unspecified atom stereocenters. The largest absolute Gasteiger partial charge is 0.441 e. The van der Waals surface area contributed by atoms with E-state index in [1.165, 1.54) is 12.1 Å². The van der Waals surface area contributed by atoms with Crippen LogP contribution in [0, 0.1) is 5.82 Å². The molecule has 5 nitrogen and oxygen atoms in total. The van der Waals surface area contributed by atoms with E-state index in [9.17, 15) is 9.18 Å². The normalized spacial score (nSPS) is 15.2. The minimum atomic E-state index is -0.207. The van der Waals surface area contributed by atoms with Gasteiger partial charge in [0.25, 0.3) is 0 Å². The number of oxazole rings is 1. The highest BCUT2D eigenvalue weighted by atomic mass is 19.1. The topological polar surface area (TPSA) is 58.4 Å². The van der Waals surface area contributed by atoms with Crippen molar-refractivity contribution in [1.29, 1.82) is 0 Å². The Hall–Kier alpha value is -2.99. The van der Waals surface area contributed by atoms with Crippen molar-refractivity contribution in [1.82, 2.24) is 15.2 Å². The second-order valence-corrected chi connectivity index (χ2v) is 7.73. The molecule has 1 aromatic heterocycles. The number of carbonyl (C=O) groups is 1. The molecule has 1 fully saturated rings. The third-order valence-electron chi connectivity index (χ3n) is 5.45. The first kappa shape index (κ1) is 20.3. The minimum Gasteiger partial charge on any atom is -0.441 e. The molecule has 2 aromatic carbocycles. The van der Waals surface area contributed by atoms with Crippen molar-refractivity contribution in [3.63, 3.8) is 0 Å². The summed E-state index contributed by atoms with van der Waals surface area (Å²) in [5.41, 5.74) is 2.09. The van der Waals surface area contributed by atoms with Crippen LogP contribution in [0.25, 0.3) is 11.3 Å². The molecule has 6 heteroatoms. The number of hydrogen-bond acceptors (Lipinski definition) is 4. The maximum Gasteiger partial charge on any atom is 0.220 e. The van der Waals surface area contributed by atoms with Gasteiger partial charge in [-0.05, 0) is 30.5 Å². The van der Waals surface area contributed by atoms with Crippen molar-refractivity contribution >= 4 is 5.91 Å². The highest BCUT2D eigenvalue weighted by Crippen LogP contribution is 2.20. The molecule has 0 aliphatic carbocycles. The van der Waals surface area contributed by atoms with Gasteiger partial charge in [0.05, 0.1) is 6.20 Å². The van der Waals surface area contributed by atoms with E-state index in [0.717, 1.165) is 49.4 Å². The van der Waals surface area contributed by atoms with Gasteiger partial charge in [-0.15, -0.1) is 0 Å². The first-order valence-electron chi connectivity index (χ1n) is 10.4. The van der Waals surface area contributed by atoms with Crippen molar-refractivity contribution < 1.29 is 13.6 Å². The monoisotopic (exact) mass is 407 g/mol. The van der Waals surface area contributed by atoms with Gasteiger partial charge in [-0.2, -0.15) is 0 Å². The Morgan fingerprint density at radius 2 is 1.83 bits per heavy atom. The fourth-order valence-electron chi connectivity index (χ4n) is 3.77. The Labute approximate surface area is 175 Å². The van der Waals surface area contributed by atoms with Crippen LogP contribution in [0.5, 0.6) is 0 Å². The van der Waals surface area contributed by atoms with Crippen LogP contribution < -0.4 is 5.32 Å². The number of rotatable bonds is 7. The molecule has 1 aliphatic heterocycles. The second-order valence-electron chi connectivity index (χ2n) is 7.73. The smallest absolute Gasteiger partial charge is 0.220 e. The van der Waals surface area contributed by atoms with Crippen LogP contribution in [0.1, 0.15) is 30.7 Å². The molecule has 1 saturated heterocycles. The first-order chi connectivity index (χ1) is 14.7. The van der Waals surface area contributed by atoms with Crippen LogP contribution >= 0.6 is 0 Å². The molecule has 4 rings (SSSR count). The highest BCUT2D eigenvalue weighted by molar-refractivity contribution is 5.76. The second kappa shape index (κ2) is 9.67. The van der Waals surface area contributed by atoms with Crippen LogP contribution in [0.15, 0.2) is 65.2 Å². The Morgan fingerprint density at radius 3 is 2.57 bits per heavy atom. The lowest BCUT2D eigenvalue weighted by molar-refractivity contribution is -0.122. The van der Waals surface area contributed by atoms with Crippen LogP contribution in [-0.2, 0) is 17.8 Å². The third-order valence-corrected chi connectivity index (χ3v) is 5.45. The van der Waals surface area contributed by atoms with E-state index in [-0.39, 0.29) is 17.8 Å². The van der Waals surface area contributed by atoms with Gasteiger partial charge in [-0.1, -0.05) is 42.5 Å². The lowest BCUT2D eigenvalue weighted by atomic mass is 10.0. The summed E-state index contributed by atoms with van der Waals surface area (Å²) in [5, 5.41) is 3.13. The lowest BCUT2D eigenvalue weighted by Crippen LogP contribution is -2.44. The molecule has 1 amide bonds. The van der Waals surface area contributed by atoms with Crippen molar-refractivity contribution in [3.8, 4) is 11.3 Å². The number of hydrogen-bond donors (Lipinski definition) is 1. The average molecular weight is 407 g/mol. The number of aromatic nitrogens is 1. The number of halogens is 1. The van der Waals surface area contributed by atoms with Gasteiger partial charge in [0, 0.05) is 44.1 Å². The van der Waals surface area contributed by atoms with Crippen LogP contribution in [0.3, 0.4) is 0 Å². The van der Waals surface area contributed by atoms with E-state index >= 15 is 0 Å². The number of piperidine rings is 1. The molecule has 1 aliphatic rings. The summed E-state index contributed by atoms with van der Waals surface area (Å²) in [5.74, 6) is 1.13. The summed E-state index contributed by atoms with van der Waals surface area (Å²) in [6.45, 7) is 2.65. The van der Waals surface area contributed by atoms with Crippen molar-refractivity contribution in [2.75, 3.05) is 13.1 Å². The summed E-state index contributed by atoms with van der Waals surface area (Å²) in [6, 6.07) is 16.7. The van der Waals surface area contributed by atoms with Crippen LogP contribution in [0.2, 0.25) is 0 Å². The molecule has 1 N–H and O–H groups in total. The summed E-state index contributed by atoms with van der Waals surface area (Å²) < 4.78 is 18.8. The number of amides is 1. The summed E-state index contributed by atoms with van der Waals surface area (Å²) >= 11 is 0. The molecule has 0 radical (unpaired) electrons. The molecule has 3 aromatic rings. The quantitative estimate of drug-likeness (QED) is 0.638. The van der Waals surface area contributed by atoms with Gasteiger partial charge in [0.15, 0.2) is 11.7 Å². The average Bonchev–Trinajstić information content (AvgIpc) is 3.25. The van der Waals surface area contributed by atoms with E-state index in [1.54, 1.807) is 6.20 Å². The van der Waals surface area contributed by atoms with E-state index < -0.39 is 0 Å². The molecule has 0 bridgehead atoms. The maximum atomic E-state index is 13.0. The number of nitrogens with zero attached hydrogens (tertiary/aromatic N) is 2. The first-order valence-corrected chi connectivity index (χ1v) is 10.4. The molecular formula is C24H26FN3O2. The van der Waals surface area contributed by atoms with Gasteiger partial charge >= 0.3 is 0 Å². The molecule has 0 saturated carbocycles. The van der Waals surface area contributed by atoms with Gasteiger partial charge in [0.1, 0.15) is 5.82 Å². The zero-order valence-corrected chi connectivity index (χ0v) is 16.9. The lowest BCUT2D eigenvalue weighted by Gasteiger charge is -2.32. The predicted molar refractivity (Wildman–Crippen MR) is 113 cm³/mol. The van der Waals surface area contributed by atoms with Crippen molar-refractivity contribution in [2.24, 2.45) is 0 Å². The Balaban J connectivity index is 1.18. The zero-order valence-electron chi connectivity index (χ0n) is 16.9.